The SMILES string of the molecule is CCCC(=O)N1CCCC(C(=O)Nc2ccc(C(=O)O)c(C)c2)C1. The second-order valence-electron chi connectivity index (χ2n) is 6.25. The fourth-order valence-corrected chi connectivity index (χ4v) is 3.02. The van der Waals surface area contributed by atoms with Crippen LogP contribution in [0, 0.1) is 12.8 Å². The van der Waals surface area contributed by atoms with Crippen LogP contribution in [0.3, 0.4) is 0 Å². The van der Waals surface area contributed by atoms with Gasteiger partial charge in [-0.3, -0.25) is 9.59 Å². The molecule has 2 rings (SSSR count). The number of aryl methyl sites for hydroxylation is 1. The molecule has 1 unspecified atom stereocenters. The summed E-state index contributed by atoms with van der Waals surface area (Å²) in [4.78, 5) is 37.3. The highest BCUT2D eigenvalue weighted by atomic mass is 16.4. The summed E-state index contributed by atoms with van der Waals surface area (Å²) in [5, 5.41) is 11.9. The van der Waals surface area contributed by atoms with Crippen LogP contribution in [0.15, 0.2) is 18.2 Å². The number of hydrogen-bond acceptors (Lipinski definition) is 3. The highest BCUT2D eigenvalue weighted by Crippen LogP contribution is 2.21. The molecule has 0 aromatic heterocycles. The molecule has 130 valence electrons. The van der Waals surface area contributed by atoms with E-state index < -0.39 is 5.97 Å². The number of anilines is 1. The van der Waals surface area contributed by atoms with E-state index in [0.29, 0.717) is 24.2 Å². The number of likely N-dealkylation sites (tertiary alicyclic amines) is 1. The fraction of sp³-hybridized carbons (Fsp3) is 0.500. The van der Waals surface area contributed by atoms with Gasteiger partial charge >= 0.3 is 5.97 Å². The van der Waals surface area contributed by atoms with E-state index in [2.05, 4.69) is 5.32 Å². The van der Waals surface area contributed by atoms with Crippen molar-refractivity contribution in [1.29, 1.82) is 0 Å². The maximum Gasteiger partial charge on any atom is 0.335 e. The quantitative estimate of drug-likeness (QED) is 0.868. The predicted octanol–water partition coefficient (Wildman–Crippen LogP) is 2.67. The smallest absolute Gasteiger partial charge is 0.335 e. The van der Waals surface area contributed by atoms with Gasteiger partial charge in [-0.2, -0.15) is 0 Å². The average Bonchev–Trinajstić information content (AvgIpc) is 2.55. The van der Waals surface area contributed by atoms with E-state index in [-0.39, 0.29) is 23.3 Å². The van der Waals surface area contributed by atoms with Gasteiger partial charge in [0.1, 0.15) is 0 Å². The number of piperidine rings is 1. The molecule has 1 atom stereocenters. The summed E-state index contributed by atoms with van der Waals surface area (Å²) in [6.45, 7) is 4.84. The Labute approximate surface area is 141 Å². The molecule has 1 heterocycles. The van der Waals surface area contributed by atoms with Gasteiger partial charge in [-0.25, -0.2) is 4.79 Å². The minimum absolute atomic E-state index is 0.108. The number of carbonyl (C=O) groups excluding carboxylic acids is 2. The largest absolute Gasteiger partial charge is 0.478 e. The van der Waals surface area contributed by atoms with Gasteiger partial charge < -0.3 is 15.3 Å². The number of carboxylic acids is 1. The van der Waals surface area contributed by atoms with Crippen LogP contribution >= 0.6 is 0 Å². The van der Waals surface area contributed by atoms with E-state index in [1.807, 2.05) is 6.92 Å². The van der Waals surface area contributed by atoms with Crippen LogP contribution in [-0.4, -0.2) is 40.9 Å². The number of benzene rings is 1. The van der Waals surface area contributed by atoms with Crippen molar-refractivity contribution in [1.82, 2.24) is 4.90 Å². The van der Waals surface area contributed by atoms with Crippen molar-refractivity contribution in [2.45, 2.75) is 39.5 Å². The third kappa shape index (κ3) is 4.34. The van der Waals surface area contributed by atoms with Gasteiger partial charge in [0.15, 0.2) is 0 Å². The summed E-state index contributed by atoms with van der Waals surface area (Å²) >= 11 is 0. The number of nitrogens with one attached hydrogen (secondary N) is 1. The summed E-state index contributed by atoms with van der Waals surface area (Å²) in [6, 6.07) is 4.74. The zero-order valence-electron chi connectivity index (χ0n) is 14.2. The predicted molar refractivity (Wildman–Crippen MR) is 91.0 cm³/mol. The number of amides is 2. The first-order valence-electron chi connectivity index (χ1n) is 8.35. The minimum Gasteiger partial charge on any atom is -0.478 e. The van der Waals surface area contributed by atoms with Gasteiger partial charge in [-0.05, 0) is 49.9 Å². The lowest BCUT2D eigenvalue weighted by Gasteiger charge is -2.32. The summed E-state index contributed by atoms with van der Waals surface area (Å²) in [7, 11) is 0. The number of rotatable bonds is 5. The van der Waals surface area contributed by atoms with Gasteiger partial charge in [0.2, 0.25) is 11.8 Å². The topological polar surface area (TPSA) is 86.7 Å². The molecule has 1 aromatic rings. The second-order valence-corrected chi connectivity index (χ2v) is 6.25. The molecule has 0 spiro atoms. The molecule has 1 aliphatic heterocycles. The molecule has 1 aromatic carbocycles. The summed E-state index contributed by atoms with van der Waals surface area (Å²) in [6.07, 6.45) is 2.91. The van der Waals surface area contributed by atoms with Crippen LogP contribution in [0.5, 0.6) is 0 Å². The molecule has 1 saturated heterocycles. The molecule has 1 fully saturated rings. The molecule has 6 nitrogen and oxygen atoms in total. The standard InChI is InChI=1S/C18H24N2O4/c1-3-5-16(21)20-9-4-6-13(11-20)17(22)19-14-7-8-15(18(23)24)12(2)10-14/h7-8,10,13H,3-6,9,11H2,1-2H3,(H,19,22)(H,23,24). The first kappa shape index (κ1) is 18.0. The minimum atomic E-state index is -0.984. The van der Waals surface area contributed by atoms with Gasteiger partial charge in [0, 0.05) is 25.2 Å². The van der Waals surface area contributed by atoms with Crippen LogP contribution in [0.2, 0.25) is 0 Å². The number of hydrogen-bond donors (Lipinski definition) is 2. The van der Waals surface area contributed by atoms with Crippen LogP contribution < -0.4 is 5.32 Å². The third-order valence-electron chi connectivity index (χ3n) is 4.33. The van der Waals surface area contributed by atoms with Crippen LogP contribution in [-0.2, 0) is 9.59 Å². The number of nitrogens with zero attached hydrogens (tertiary/aromatic N) is 1. The lowest BCUT2D eigenvalue weighted by Crippen LogP contribution is -2.43. The Balaban J connectivity index is 2.00. The highest BCUT2D eigenvalue weighted by molar-refractivity contribution is 5.95. The Hall–Kier alpha value is -2.37. The summed E-state index contributed by atoms with van der Waals surface area (Å²) < 4.78 is 0. The lowest BCUT2D eigenvalue weighted by atomic mass is 9.96. The van der Waals surface area contributed by atoms with Crippen LogP contribution in [0.1, 0.15) is 48.5 Å². The Morgan fingerprint density at radius 2 is 2.08 bits per heavy atom. The molecule has 0 saturated carbocycles. The van der Waals surface area contributed by atoms with Crippen molar-refractivity contribution >= 4 is 23.5 Å². The molecule has 0 bridgehead atoms. The monoisotopic (exact) mass is 332 g/mol. The van der Waals surface area contributed by atoms with Crippen molar-refractivity contribution < 1.29 is 19.5 Å². The van der Waals surface area contributed by atoms with E-state index in [4.69, 9.17) is 5.11 Å². The molecule has 0 aliphatic carbocycles. The van der Waals surface area contributed by atoms with Crippen LogP contribution in [0.25, 0.3) is 0 Å². The number of aromatic carboxylic acids is 1. The van der Waals surface area contributed by atoms with Gasteiger partial charge in [-0.1, -0.05) is 6.92 Å². The molecule has 2 N–H and O–H groups in total. The average molecular weight is 332 g/mol. The lowest BCUT2D eigenvalue weighted by molar-refractivity contribution is -0.134. The van der Waals surface area contributed by atoms with Crippen molar-refractivity contribution in [3.63, 3.8) is 0 Å². The van der Waals surface area contributed by atoms with Crippen molar-refractivity contribution in [2.24, 2.45) is 5.92 Å². The van der Waals surface area contributed by atoms with E-state index >= 15 is 0 Å². The molecule has 1 aliphatic rings. The van der Waals surface area contributed by atoms with Gasteiger partial charge in [0.25, 0.3) is 0 Å². The summed E-state index contributed by atoms with van der Waals surface area (Å²) in [5.41, 5.74) is 1.41. The second kappa shape index (κ2) is 7.95. The molecular formula is C18H24N2O4. The zero-order valence-corrected chi connectivity index (χ0v) is 14.2. The molecular weight excluding hydrogens is 308 g/mol. The van der Waals surface area contributed by atoms with Gasteiger partial charge in [-0.15, -0.1) is 0 Å². The number of carboxylic acid groups (broad SMARTS) is 1. The van der Waals surface area contributed by atoms with Crippen LogP contribution in [0.4, 0.5) is 5.69 Å². The van der Waals surface area contributed by atoms with E-state index in [1.54, 1.807) is 24.0 Å². The first-order chi connectivity index (χ1) is 11.4. The Kier molecular flexibility index (Phi) is 5.95. The first-order valence-corrected chi connectivity index (χ1v) is 8.35. The van der Waals surface area contributed by atoms with E-state index in [0.717, 1.165) is 25.8 Å². The molecule has 0 radical (unpaired) electrons. The molecule has 6 heteroatoms. The Morgan fingerprint density at radius 1 is 1.33 bits per heavy atom. The van der Waals surface area contributed by atoms with Crippen molar-refractivity contribution in [3.05, 3.63) is 29.3 Å². The fourth-order valence-electron chi connectivity index (χ4n) is 3.02. The Bertz CT molecular complexity index is 642. The molecule has 2 amide bonds. The molecule has 24 heavy (non-hydrogen) atoms. The van der Waals surface area contributed by atoms with Crippen molar-refractivity contribution in [3.8, 4) is 0 Å². The van der Waals surface area contributed by atoms with Gasteiger partial charge in [0.05, 0.1) is 11.5 Å². The highest BCUT2D eigenvalue weighted by Gasteiger charge is 2.28. The third-order valence-corrected chi connectivity index (χ3v) is 4.33. The summed E-state index contributed by atoms with van der Waals surface area (Å²) in [5.74, 6) is -1.22. The maximum atomic E-state index is 12.5. The normalized spacial score (nSPS) is 17.4. The maximum absolute atomic E-state index is 12.5. The van der Waals surface area contributed by atoms with E-state index in [9.17, 15) is 14.4 Å². The Morgan fingerprint density at radius 3 is 2.71 bits per heavy atom. The van der Waals surface area contributed by atoms with Crippen molar-refractivity contribution in [2.75, 3.05) is 18.4 Å². The zero-order chi connectivity index (χ0) is 17.7. The number of carbonyl (C=O) groups is 3. The van der Waals surface area contributed by atoms with E-state index in [1.165, 1.54) is 6.07 Å².